The van der Waals surface area contributed by atoms with Gasteiger partial charge in [-0.3, -0.25) is 9.48 Å². The fourth-order valence-corrected chi connectivity index (χ4v) is 4.87. The number of amides is 2. The number of aryl methyl sites for hydroxylation is 1. The summed E-state index contributed by atoms with van der Waals surface area (Å²) in [5.41, 5.74) is 3.19. The quantitative estimate of drug-likeness (QED) is 0.337. The molecule has 1 saturated heterocycles. The molecular formula is C29H31ClN4O4. The largest absolute Gasteiger partial charge is 0.456 e. The minimum Gasteiger partial charge on any atom is -0.456 e. The minimum absolute atomic E-state index is 0.160. The summed E-state index contributed by atoms with van der Waals surface area (Å²) in [7, 11) is 0. The monoisotopic (exact) mass is 534 g/mol. The Labute approximate surface area is 226 Å². The lowest BCUT2D eigenvalue weighted by molar-refractivity contribution is 0.0290. The number of furan rings is 1. The summed E-state index contributed by atoms with van der Waals surface area (Å²) in [4.78, 5) is 27.0. The summed E-state index contributed by atoms with van der Waals surface area (Å²) in [5, 5.41) is 9.08. The molecule has 38 heavy (non-hydrogen) atoms. The number of benzene rings is 2. The van der Waals surface area contributed by atoms with Gasteiger partial charge in [0.1, 0.15) is 22.6 Å². The van der Waals surface area contributed by atoms with Crippen LogP contribution in [0.2, 0.25) is 5.02 Å². The Kier molecular flexibility index (Phi) is 6.92. The van der Waals surface area contributed by atoms with Gasteiger partial charge in [0.2, 0.25) is 0 Å². The molecule has 4 aromatic rings. The van der Waals surface area contributed by atoms with Crippen molar-refractivity contribution in [1.82, 2.24) is 20.0 Å². The van der Waals surface area contributed by atoms with Gasteiger partial charge < -0.3 is 19.4 Å². The molecule has 2 amide bonds. The van der Waals surface area contributed by atoms with Gasteiger partial charge in [-0.1, -0.05) is 41.9 Å². The number of nitrogens with zero attached hydrogens (tertiary/aromatic N) is 3. The predicted molar refractivity (Wildman–Crippen MR) is 146 cm³/mol. The van der Waals surface area contributed by atoms with Crippen LogP contribution in [-0.4, -0.2) is 51.4 Å². The number of nitrogens with one attached hydrogen (secondary N) is 1. The number of rotatable bonds is 5. The molecule has 0 saturated carbocycles. The first kappa shape index (κ1) is 25.9. The molecule has 8 nitrogen and oxygen atoms in total. The standard InChI is InChI=1S/C29H31ClN4O4/c1-18-12-24(27(35)31-23-10-11-33(17-23)28(36)38-29(2,3)4)32-34(18)16-21-14-22(30)13-20-15-25(37-26(20)21)19-8-6-5-7-9-19/h5-9,12-15,23H,10-11,16-17H2,1-4H3,(H,31,35)/t23-/m1/s1. The van der Waals surface area contributed by atoms with E-state index >= 15 is 0 Å². The second-order valence-corrected chi connectivity index (χ2v) is 11.1. The molecule has 0 bridgehead atoms. The highest BCUT2D eigenvalue weighted by atomic mass is 35.5. The topological polar surface area (TPSA) is 89.6 Å². The summed E-state index contributed by atoms with van der Waals surface area (Å²) in [5.74, 6) is 0.488. The molecule has 0 radical (unpaired) electrons. The van der Waals surface area contributed by atoms with Gasteiger partial charge in [-0.15, -0.1) is 0 Å². The first-order chi connectivity index (χ1) is 18.1. The average molecular weight is 535 g/mol. The molecule has 1 aliphatic heterocycles. The Morgan fingerprint density at radius 2 is 1.92 bits per heavy atom. The number of carbonyl (C=O) groups excluding carboxylic acids is 2. The van der Waals surface area contributed by atoms with Crippen molar-refractivity contribution in [3.05, 3.63) is 76.6 Å². The van der Waals surface area contributed by atoms with E-state index in [-0.39, 0.29) is 18.0 Å². The summed E-state index contributed by atoms with van der Waals surface area (Å²) >= 11 is 6.43. The predicted octanol–water partition coefficient (Wildman–Crippen LogP) is 6.05. The van der Waals surface area contributed by atoms with E-state index in [0.29, 0.717) is 36.8 Å². The molecule has 198 valence electrons. The zero-order chi connectivity index (χ0) is 27.0. The molecule has 0 aliphatic carbocycles. The number of likely N-dealkylation sites (tertiary alicyclic amines) is 1. The van der Waals surface area contributed by atoms with Crippen molar-refractivity contribution in [1.29, 1.82) is 0 Å². The zero-order valence-corrected chi connectivity index (χ0v) is 22.7. The molecule has 2 aromatic heterocycles. The highest BCUT2D eigenvalue weighted by Gasteiger charge is 2.31. The minimum atomic E-state index is -0.559. The molecule has 5 rings (SSSR count). The van der Waals surface area contributed by atoms with Crippen molar-refractivity contribution in [3.8, 4) is 11.3 Å². The van der Waals surface area contributed by atoms with Crippen LogP contribution in [0.4, 0.5) is 4.79 Å². The lowest BCUT2D eigenvalue weighted by Gasteiger charge is -2.24. The third-order valence-corrected chi connectivity index (χ3v) is 6.64. The molecule has 1 N–H and O–H groups in total. The van der Waals surface area contributed by atoms with Crippen molar-refractivity contribution in [3.63, 3.8) is 0 Å². The molecule has 1 aliphatic rings. The smallest absolute Gasteiger partial charge is 0.410 e. The van der Waals surface area contributed by atoms with E-state index in [4.69, 9.17) is 20.8 Å². The second kappa shape index (κ2) is 10.2. The van der Waals surface area contributed by atoms with Crippen LogP contribution in [-0.2, 0) is 11.3 Å². The van der Waals surface area contributed by atoms with Crippen molar-refractivity contribution >= 4 is 34.6 Å². The van der Waals surface area contributed by atoms with E-state index < -0.39 is 5.60 Å². The molecule has 1 atom stereocenters. The average Bonchev–Trinajstić information content (AvgIpc) is 3.58. The van der Waals surface area contributed by atoms with Crippen LogP contribution in [0.25, 0.3) is 22.3 Å². The summed E-state index contributed by atoms with van der Waals surface area (Å²) < 4.78 is 13.4. The maximum atomic E-state index is 13.0. The highest BCUT2D eigenvalue weighted by molar-refractivity contribution is 6.31. The van der Waals surface area contributed by atoms with Crippen molar-refractivity contribution in [2.45, 2.75) is 52.3 Å². The molecule has 3 heterocycles. The summed E-state index contributed by atoms with van der Waals surface area (Å²) in [6.45, 7) is 8.75. The van der Waals surface area contributed by atoms with Gasteiger partial charge in [-0.25, -0.2) is 4.79 Å². The molecule has 2 aromatic carbocycles. The normalized spacial score (nSPS) is 15.7. The Morgan fingerprint density at radius 1 is 1.16 bits per heavy atom. The maximum Gasteiger partial charge on any atom is 0.410 e. The van der Waals surface area contributed by atoms with E-state index in [1.54, 1.807) is 15.6 Å². The third-order valence-electron chi connectivity index (χ3n) is 6.43. The fourth-order valence-electron chi connectivity index (χ4n) is 4.62. The fraction of sp³-hybridized carbons (Fsp3) is 0.345. The van der Waals surface area contributed by atoms with E-state index in [0.717, 1.165) is 33.6 Å². The number of ether oxygens (including phenoxy) is 1. The molecular weight excluding hydrogens is 504 g/mol. The van der Waals surface area contributed by atoms with Crippen LogP contribution in [0.5, 0.6) is 0 Å². The van der Waals surface area contributed by atoms with Crippen LogP contribution in [0.3, 0.4) is 0 Å². The SMILES string of the molecule is Cc1cc(C(=O)N[C@@H]2CCN(C(=O)OC(C)(C)C)C2)nn1Cc1cc(Cl)cc2cc(-c3ccccc3)oc12. The Hall–Kier alpha value is -3.78. The molecule has 1 fully saturated rings. The van der Waals surface area contributed by atoms with Gasteiger partial charge in [0, 0.05) is 46.4 Å². The maximum absolute atomic E-state index is 13.0. The van der Waals surface area contributed by atoms with Gasteiger partial charge in [0.25, 0.3) is 5.91 Å². The van der Waals surface area contributed by atoms with Crippen LogP contribution < -0.4 is 5.32 Å². The van der Waals surface area contributed by atoms with E-state index in [1.165, 1.54) is 0 Å². The van der Waals surface area contributed by atoms with Gasteiger partial charge in [0.05, 0.1) is 6.54 Å². The molecule has 9 heteroatoms. The Bertz CT molecular complexity index is 1490. The number of halogens is 1. The third kappa shape index (κ3) is 5.70. The number of aromatic nitrogens is 2. The number of hydrogen-bond donors (Lipinski definition) is 1. The second-order valence-electron chi connectivity index (χ2n) is 10.7. The van der Waals surface area contributed by atoms with Crippen LogP contribution >= 0.6 is 11.6 Å². The van der Waals surface area contributed by atoms with Gasteiger partial charge in [-0.05, 0) is 58.4 Å². The van der Waals surface area contributed by atoms with Gasteiger partial charge in [-0.2, -0.15) is 5.10 Å². The first-order valence-electron chi connectivity index (χ1n) is 12.7. The van der Waals surface area contributed by atoms with Crippen molar-refractivity contribution in [2.75, 3.05) is 13.1 Å². The number of fused-ring (bicyclic) bond motifs is 1. The zero-order valence-electron chi connectivity index (χ0n) is 22.0. The summed E-state index contributed by atoms with van der Waals surface area (Å²) in [6.07, 6.45) is 0.295. The van der Waals surface area contributed by atoms with E-state index in [9.17, 15) is 9.59 Å². The van der Waals surface area contributed by atoms with Gasteiger partial charge in [0.15, 0.2) is 0 Å². The van der Waals surface area contributed by atoms with Crippen LogP contribution in [0.1, 0.15) is 48.9 Å². The van der Waals surface area contributed by atoms with Gasteiger partial charge >= 0.3 is 6.09 Å². The van der Waals surface area contributed by atoms with Crippen molar-refractivity contribution in [2.24, 2.45) is 0 Å². The lowest BCUT2D eigenvalue weighted by atomic mass is 10.1. The van der Waals surface area contributed by atoms with Crippen molar-refractivity contribution < 1.29 is 18.7 Å². The van der Waals surface area contributed by atoms with Crippen LogP contribution in [0, 0.1) is 6.92 Å². The number of hydrogen-bond acceptors (Lipinski definition) is 5. The number of carbonyl (C=O) groups is 2. The summed E-state index contributed by atoms with van der Waals surface area (Å²) in [6, 6.07) is 17.2. The van der Waals surface area contributed by atoms with E-state index in [1.807, 2.05) is 76.2 Å². The van der Waals surface area contributed by atoms with E-state index in [2.05, 4.69) is 10.4 Å². The molecule has 0 spiro atoms. The molecule has 0 unspecified atom stereocenters. The highest BCUT2D eigenvalue weighted by Crippen LogP contribution is 2.32. The Morgan fingerprint density at radius 3 is 2.66 bits per heavy atom. The van der Waals surface area contributed by atoms with Crippen LogP contribution in [0.15, 0.2) is 59.0 Å². The first-order valence-corrected chi connectivity index (χ1v) is 13.0. The lowest BCUT2D eigenvalue weighted by Crippen LogP contribution is -2.40. The Balaban J connectivity index is 1.30.